The zero-order valence-corrected chi connectivity index (χ0v) is 16.4. The summed E-state index contributed by atoms with van der Waals surface area (Å²) in [5.74, 6) is -0.547. The predicted octanol–water partition coefficient (Wildman–Crippen LogP) is 3.92. The second-order valence-corrected chi connectivity index (χ2v) is 10.3. The molecule has 0 saturated heterocycles. The van der Waals surface area contributed by atoms with Crippen molar-refractivity contribution in [3.05, 3.63) is 29.8 Å². The van der Waals surface area contributed by atoms with E-state index in [1.807, 2.05) is 0 Å². The maximum absolute atomic E-state index is 12.6. The van der Waals surface area contributed by atoms with E-state index in [1.165, 1.54) is 12.1 Å². The molecule has 1 aromatic carbocycles. The van der Waals surface area contributed by atoms with Crippen LogP contribution in [0.2, 0.25) is 0 Å². The molecule has 9 heteroatoms. The summed E-state index contributed by atoms with van der Waals surface area (Å²) in [6.45, 7) is 4.87. The second-order valence-electron chi connectivity index (χ2n) is 7.85. The van der Waals surface area contributed by atoms with Gasteiger partial charge in [-0.25, -0.2) is 13.1 Å². The summed E-state index contributed by atoms with van der Waals surface area (Å²) in [6, 6.07) is 4.10. The van der Waals surface area contributed by atoms with E-state index in [0.717, 1.165) is 12.1 Å². The number of carbonyl (C=O) groups is 1. The first kappa shape index (κ1) is 21.7. The molecule has 2 N–H and O–H groups in total. The highest BCUT2D eigenvalue weighted by molar-refractivity contribution is 7.90. The van der Waals surface area contributed by atoms with E-state index in [-0.39, 0.29) is 17.9 Å². The first-order valence-electron chi connectivity index (χ1n) is 8.79. The van der Waals surface area contributed by atoms with Gasteiger partial charge in [-0.1, -0.05) is 0 Å². The third kappa shape index (κ3) is 5.68. The van der Waals surface area contributed by atoms with E-state index in [2.05, 4.69) is 10.0 Å². The van der Waals surface area contributed by atoms with Crippen molar-refractivity contribution in [3.63, 3.8) is 0 Å². The molecule has 0 bridgehead atoms. The third-order valence-corrected chi connectivity index (χ3v) is 6.96. The Labute approximate surface area is 157 Å². The summed E-state index contributed by atoms with van der Waals surface area (Å²) in [5.41, 5.74) is -0.462. The van der Waals surface area contributed by atoms with Crippen molar-refractivity contribution in [1.82, 2.24) is 4.72 Å². The maximum Gasteiger partial charge on any atom is 0.416 e. The van der Waals surface area contributed by atoms with Crippen LogP contribution in [0.15, 0.2) is 24.3 Å². The molecule has 1 amide bonds. The molecule has 1 aliphatic carbocycles. The number of anilines is 1. The van der Waals surface area contributed by atoms with Gasteiger partial charge >= 0.3 is 6.18 Å². The molecular formula is C18H25F3N2O3S. The van der Waals surface area contributed by atoms with Gasteiger partial charge in [-0.3, -0.25) is 4.79 Å². The van der Waals surface area contributed by atoms with Crippen molar-refractivity contribution in [2.45, 2.75) is 63.4 Å². The molecule has 1 aromatic rings. The van der Waals surface area contributed by atoms with E-state index >= 15 is 0 Å². The van der Waals surface area contributed by atoms with Crippen molar-refractivity contribution in [2.24, 2.45) is 5.92 Å². The Kier molecular flexibility index (Phi) is 6.26. The average molecular weight is 406 g/mol. The molecule has 0 radical (unpaired) electrons. The minimum absolute atomic E-state index is 0.204. The maximum atomic E-state index is 12.6. The monoisotopic (exact) mass is 406 g/mol. The molecule has 0 unspecified atom stereocenters. The van der Waals surface area contributed by atoms with Crippen LogP contribution in [0.4, 0.5) is 18.9 Å². The SMILES string of the molecule is CC(C)(C)S(=O)(=O)N[C@H]1CC[C@H](C(=O)Nc2ccc(C(F)(F)F)cc2)CC1. The first-order chi connectivity index (χ1) is 12.3. The van der Waals surface area contributed by atoms with Crippen LogP contribution in [0.25, 0.3) is 0 Å². The van der Waals surface area contributed by atoms with Crippen LogP contribution in [0, 0.1) is 5.92 Å². The van der Waals surface area contributed by atoms with Gasteiger partial charge < -0.3 is 5.32 Å². The Balaban J connectivity index is 1.88. The number of sulfonamides is 1. The second kappa shape index (κ2) is 7.79. The number of amides is 1. The Bertz CT molecular complexity index is 761. The van der Waals surface area contributed by atoms with E-state index in [0.29, 0.717) is 31.4 Å². The molecule has 0 atom stereocenters. The van der Waals surface area contributed by atoms with Gasteiger partial charge in [-0.15, -0.1) is 0 Å². The molecule has 0 spiro atoms. The van der Waals surface area contributed by atoms with E-state index < -0.39 is 26.5 Å². The number of hydrogen-bond acceptors (Lipinski definition) is 3. The van der Waals surface area contributed by atoms with Crippen LogP contribution < -0.4 is 10.0 Å². The molecule has 1 aliphatic rings. The van der Waals surface area contributed by atoms with E-state index in [9.17, 15) is 26.4 Å². The van der Waals surface area contributed by atoms with Gasteiger partial charge in [0.25, 0.3) is 0 Å². The first-order valence-corrected chi connectivity index (χ1v) is 10.3. The lowest BCUT2D eigenvalue weighted by atomic mass is 9.86. The molecule has 2 rings (SSSR count). The Hall–Kier alpha value is -1.61. The summed E-state index contributed by atoms with van der Waals surface area (Å²) >= 11 is 0. The van der Waals surface area contributed by atoms with Crippen LogP contribution in [0.5, 0.6) is 0 Å². The van der Waals surface area contributed by atoms with Gasteiger partial charge in [-0.05, 0) is 70.7 Å². The van der Waals surface area contributed by atoms with Gasteiger partial charge in [0.2, 0.25) is 15.9 Å². The molecular weight excluding hydrogens is 381 g/mol. The number of alkyl halides is 3. The van der Waals surface area contributed by atoms with Crippen LogP contribution in [-0.4, -0.2) is 25.1 Å². The van der Waals surface area contributed by atoms with E-state index in [1.54, 1.807) is 20.8 Å². The van der Waals surface area contributed by atoms with Crippen LogP contribution in [-0.2, 0) is 21.0 Å². The topological polar surface area (TPSA) is 75.3 Å². The molecule has 0 aliphatic heterocycles. The predicted molar refractivity (Wildman–Crippen MR) is 97.6 cm³/mol. The fraction of sp³-hybridized carbons (Fsp3) is 0.611. The molecule has 1 saturated carbocycles. The fourth-order valence-electron chi connectivity index (χ4n) is 2.86. The number of carbonyl (C=O) groups excluding carboxylic acids is 1. The minimum Gasteiger partial charge on any atom is -0.326 e. The van der Waals surface area contributed by atoms with Gasteiger partial charge in [0.1, 0.15) is 0 Å². The summed E-state index contributed by atoms with van der Waals surface area (Å²) < 4.78 is 63.9. The minimum atomic E-state index is -4.42. The molecule has 1 fully saturated rings. The lowest BCUT2D eigenvalue weighted by Crippen LogP contribution is -2.46. The lowest BCUT2D eigenvalue weighted by Gasteiger charge is -2.30. The third-order valence-electron chi connectivity index (χ3n) is 4.71. The number of halogens is 3. The highest BCUT2D eigenvalue weighted by atomic mass is 32.2. The van der Waals surface area contributed by atoms with Crippen molar-refractivity contribution < 1.29 is 26.4 Å². The van der Waals surface area contributed by atoms with Crippen molar-refractivity contribution in [2.75, 3.05) is 5.32 Å². The van der Waals surface area contributed by atoms with Gasteiger partial charge in [-0.2, -0.15) is 13.2 Å². The quantitative estimate of drug-likeness (QED) is 0.796. The van der Waals surface area contributed by atoms with Gasteiger partial charge in [0, 0.05) is 17.6 Å². The van der Waals surface area contributed by atoms with Gasteiger partial charge in [0.05, 0.1) is 10.3 Å². The van der Waals surface area contributed by atoms with Crippen molar-refractivity contribution in [1.29, 1.82) is 0 Å². The number of benzene rings is 1. The fourth-order valence-corrected chi connectivity index (χ4v) is 3.88. The standard InChI is InChI=1S/C18H25F3N2O3S/c1-17(2,3)27(25,26)23-15-8-4-12(5-9-15)16(24)22-14-10-6-13(7-11-14)18(19,20)21/h6-7,10-12,15,23H,4-5,8-9H2,1-3H3,(H,22,24)/t12-,15-. The molecule has 0 aromatic heterocycles. The number of rotatable bonds is 4. The summed E-state index contributed by atoms with van der Waals surface area (Å²) in [6.07, 6.45) is -2.30. The Morgan fingerprint density at radius 1 is 1.00 bits per heavy atom. The lowest BCUT2D eigenvalue weighted by molar-refractivity contribution is -0.137. The Morgan fingerprint density at radius 3 is 1.96 bits per heavy atom. The Morgan fingerprint density at radius 2 is 1.52 bits per heavy atom. The molecule has 5 nitrogen and oxygen atoms in total. The number of nitrogens with one attached hydrogen (secondary N) is 2. The number of hydrogen-bond donors (Lipinski definition) is 2. The van der Waals surface area contributed by atoms with Crippen LogP contribution in [0.3, 0.4) is 0 Å². The van der Waals surface area contributed by atoms with Gasteiger partial charge in [0.15, 0.2) is 0 Å². The largest absolute Gasteiger partial charge is 0.416 e. The van der Waals surface area contributed by atoms with Crippen molar-refractivity contribution >= 4 is 21.6 Å². The van der Waals surface area contributed by atoms with Crippen LogP contribution >= 0.6 is 0 Å². The van der Waals surface area contributed by atoms with Crippen molar-refractivity contribution in [3.8, 4) is 0 Å². The summed E-state index contributed by atoms with van der Waals surface area (Å²) in [5, 5.41) is 2.63. The normalized spacial score (nSPS) is 21.7. The average Bonchev–Trinajstić information content (AvgIpc) is 2.53. The molecule has 0 heterocycles. The smallest absolute Gasteiger partial charge is 0.326 e. The van der Waals surface area contributed by atoms with E-state index in [4.69, 9.17) is 0 Å². The molecule has 152 valence electrons. The summed E-state index contributed by atoms with van der Waals surface area (Å²) in [4.78, 5) is 12.3. The van der Waals surface area contributed by atoms with Crippen LogP contribution in [0.1, 0.15) is 52.0 Å². The highest BCUT2D eigenvalue weighted by Crippen LogP contribution is 2.31. The zero-order chi connectivity index (χ0) is 20.5. The highest BCUT2D eigenvalue weighted by Gasteiger charge is 2.34. The molecule has 27 heavy (non-hydrogen) atoms. The zero-order valence-electron chi connectivity index (χ0n) is 15.6. The summed E-state index contributed by atoms with van der Waals surface area (Å²) in [7, 11) is -3.44.